The molecule has 0 atom stereocenters. The maximum Gasteiger partial charge on any atom is 0.322 e. The summed E-state index contributed by atoms with van der Waals surface area (Å²) in [4.78, 5) is 34.7. The maximum absolute atomic E-state index is 11.8. The fourth-order valence-electron chi connectivity index (χ4n) is 1.47. The Kier molecular flexibility index (Phi) is 5.52. The van der Waals surface area contributed by atoms with E-state index >= 15 is 0 Å². The number of carbonyl (C=O) groups is 3. The normalized spacial score (nSPS) is 9.70. The van der Waals surface area contributed by atoms with E-state index in [2.05, 4.69) is 10.6 Å². The molecule has 0 unspecified atom stereocenters. The molecule has 0 bridgehead atoms. The fraction of sp³-hybridized carbons (Fsp3) is 0.308. The molecule has 7 heteroatoms. The summed E-state index contributed by atoms with van der Waals surface area (Å²) in [6.45, 7) is 1.17. The van der Waals surface area contributed by atoms with Gasteiger partial charge in [0.15, 0.2) is 0 Å². The van der Waals surface area contributed by atoms with Crippen molar-refractivity contribution in [2.45, 2.75) is 6.92 Å². The molecule has 0 radical (unpaired) electrons. The van der Waals surface area contributed by atoms with Gasteiger partial charge >= 0.3 is 12.0 Å². The van der Waals surface area contributed by atoms with Crippen molar-refractivity contribution in [2.75, 3.05) is 25.0 Å². The first kappa shape index (κ1) is 15.5. The van der Waals surface area contributed by atoms with Gasteiger partial charge in [0.1, 0.15) is 6.54 Å². The average Bonchev–Trinajstić information content (AvgIpc) is 2.41. The van der Waals surface area contributed by atoms with Crippen molar-refractivity contribution in [3.8, 4) is 0 Å². The first-order valence-electron chi connectivity index (χ1n) is 5.97. The zero-order chi connectivity index (χ0) is 15.1. The minimum Gasteiger partial charge on any atom is -0.480 e. The molecule has 0 aliphatic heterocycles. The summed E-state index contributed by atoms with van der Waals surface area (Å²) in [6.07, 6.45) is 0. The molecular formula is C13H17N3O4. The van der Waals surface area contributed by atoms with E-state index in [0.717, 1.165) is 5.56 Å². The predicted octanol–water partition coefficient (Wildman–Crippen LogP) is 0.342. The molecule has 0 aromatic heterocycles. The number of aryl methyl sites for hydroxylation is 1. The summed E-state index contributed by atoms with van der Waals surface area (Å²) in [5.41, 5.74) is 1.72. The molecule has 7 nitrogen and oxygen atoms in total. The number of hydrogen-bond donors (Lipinski definition) is 3. The van der Waals surface area contributed by atoms with Gasteiger partial charge in [-0.15, -0.1) is 0 Å². The number of carboxylic acid groups (broad SMARTS) is 1. The van der Waals surface area contributed by atoms with Crippen LogP contribution in [0.2, 0.25) is 0 Å². The van der Waals surface area contributed by atoms with Gasteiger partial charge in [-0.25, -0.2) is 4.79 Å². The second-order valence-electron chi connectivity index (χ2n) is 4.23. The van der Waals surface area contributed by atoms with Crippen LogP contribution in [0.1, 0.15) is 5.56 Å². The van der Waals surface area contributed by atoms with Crippen LogP contribution in [0.3, 0.4) is 0 Å². The number of benzene rings is 1. The van der Waals surface area contributed by atoms with Crippen LogP contribution < -0.4 is 15.5 Å². The molecule has 3 amide bonds. The molecule has 0 aliphatic rings. The van der Waals surface area contributed by atoms with Gasteiger partial charge in [-0.1, -0.05) is 12.1 Å². The van der Waals surface area contributed by atoms with E-state index in [1.165, 1.54) is 4.90 Å². The van der Waals surface area contributed by atoms with Gasteiger partial charge in [-0.05, 0) is 24.6 Å². The van der Waals surface area contributed by atoms with Crippen LogP contribution in [0.5, 0.6) is 0 Å². The molecule has 1 rings (SSSR count). The molecule has 0 spiro atoms. The van der Waals surface area contributed by atoms with Gasteiger partial charge in [0.25, 0.3) is 0 Å². The van der Waals surface area contributed by atoms with E-state index in [0.29, 0.717) is 5.69 Å². The lowest BCUT2D eigenvalue weighted by Gasteiger charge is -2.18. The molecule has 1 aromatic carbocycles. The smallest absolute Gasteiger partial charge is 0.322 e. The summed E-state index contributed by atoms with van der Waals surface area (Å²) >= 11 is 0. The van der Waals surface area contributed by atoms with Crippen LogP contribution in [-0.2, 0) is 9.59 Å². The van der Waals surface area contributed by atoms with Crippen LogP contribution in [0.25, 0.3) is 0 Å². The molecule has 20 heavy (non-hydrogen) atoms. The minimum atomic E-state index is -1.14. The highest BCUT2D eigenvalue weighted by Crippen LogP contribution is 2.13. The number of rotatable bonds is 5. The van der Waals surface area contributed by atoms with Gasteiger partial charge in [0.05, 0.1) is 6.54 Å². The SMILES string of the molecule is Cc1cccc(N(C)C(=O)NCC(=O)NCC(=O)O)c1. The number of nitrogens with one attached hydrogen (secondary N) is 2. The van der Waals surface area contributed by atoms with Crippen molar-refractivity contribution >= 4 is 23.6 Å². The molecule has 108 valence electrons. The Morgan fingerprint density at radius 3 is 2.50 bits per heavy atom. The minimum absolute atomic E-state index is 0.276. The van der Waals surface area contributed by atoms with Gasteiger partial charge in [-0.2, -0.15) is 0 Å². The third kappa shape index (κ3) is 4.97. The summed E-state index contributed by atoms with van der Waals surface area (Å²) in [7, 11) is 1.58. The van der Waals surface area contributed by atoms with Crippen molar-refractivity contribution in [1.29, 1.82) is 0 Å². The van der Waals surface area contributed by atoms with Gasteiger partial charge in [0.2, 0.25) is 5.91 Å². The third-order valence-electron chi connectivity index (χ3n) is 2.53. The number of carbonyl (C=O) groups excluding carboxylic acids is 2. The highest BCUT2D eigenvalue weighted by atomic mass is 16.4. The number of aliphatic carboxylic acids is 1. The first-order chi connectivity index (χ1) is 9.40. The quantitative estimate of drug-likeness (QED) is 0.724. The largest absolute Gasteiger partial charge is 0.480 e. The van der Waals surface area contributed by atoms with E-state index < -0.39 is 24.5 Å². The van der Waals surface area contributed by atoms with Crippen LogP contribution in [-0.4, -0.2) is 43.2 Å². The van der Waals surface area contributed by atoms with Gasteiger partial charge < -0.3 is 15.7 Å². The van der Waals surface area contributed by atoms with Gasteiger partial charge in [-0.3, -0.25) is 14.5 Å². The second kappa shape index (κ2) is 7.13. The summed E-state index contributed by atoms with van der Waals surface area (Å²) in [6, 6.07) is 6.91. The van der Waals surface area contributed by atoms with E-state index in [4.69, 9.17) is 5.11 Å². The number of anilines is 1. The van der Waals surface area contributed by atoms with Crippen LogP contribution >= 0.6 is 0 Å². The van der Waals surface area contributed by atoms with Crippen molar-refractivity contribution in [1.82, 2.24) is 10.6 Å². The van der Waals surface area contributed by atoms with E-state index in [1.54, 1.807) is 13.1 Å². The molecule has 0 heterocycles. The van der Waals surface area contributed by atoms with E-state index in [-0.39, 0.29) is 6.54 Å². The topological polar surface area (TPSA) is 98.7 Å². The molecule has 0 saturated carbocycles. The lowest BCUT2D eigenvalue weighted by molar-refractivity contribution is -0.137. The number of amides is 3. The Labute approximate surface area is 116 Å². The zero-order valence-corrected chi connectivity index (χ0v) is 11.3. The second-order valence-corrected chi connectivity index (χ2v) is 4.23. The maximum atomic E-state index is 11.8. The summed E-state index contributed by atoms with van der Waals surface area (Å²) < 4.78 is 0. The Morgan fingerprint density at radius 2 is 1.90 bits per heavy atom. The van der Waals surface area contributed by atoms with Crippen LogP contribution in [0.15, 0.2) is 24.3 Å². The van der Waals surface area contributed by atoms with Crippen molar-refractivity contribution < 1.29 is 19.5 Å². The third-order valence-corrected chi connectivity index (χ3v) is 2.53. The average molecular weight is 279 g/mol. The highest BCUT2D eigenvalue weighted by Gasteiger charge is 2.12. The summed E-state index contributed by atoms with van der Waals surface area (Å²) in [5.74, 6) is -1.69. The summed E-state index contributed by atoms with van der Waals surface area (Å²) in [5, 5.41) is 13.0. The molecule has 3 N–H and O–H groups in total. The lowest BCUT2D eigenvalue weighted by Crippen LogP contribution is -2.43. The van der Waals surface area contributed by atoms with E-state index in [9.17, 15) is 14.4 Å². The molecule has 0 aliphatic carbocycles. The first-order valence-corrected chi connectivity index (χ1v) is 5.97. The number of urea groups is 1. The highest BCUT2D eigenvalue weighted by molar-refractivity contribution is 5.94. The number of hydrogen-bond acceptors (Lipinski definition) is 3. The Hall–Kier alpha value is -2.57. The molecule has 0 fully saturated rings. The predicted molar refractivity (Wildman–Crippen MR) is 73.6 cm³/mol. The lowest BCUT2D eigenvalue weighted by atomic mass is 10.2. The molecule has 0 saturated heterocycles. The Morgan fingerprint density at radius 1 is 1.20 bits per heavy atom. The standard InChI is InChI=1S/C13H17N3O4/c1-9-4-3-5-10(6-9)16(2)13(20)15-7-11(17)14-8-12(18)19/h3-6H,7-8H2,1-2H3,(H,14,17)(H,15,20)(H,18,19). The number of nitrogens with zero attached hydrogens (tertiary/aromatic N) is 1. The number of carboxylic acids is 1. The van der Waals surface area contributed by atoms with Crippen LogP contribution in [0.4, 0.5) is 10.5 Å². The van der Waals surface area contributed by atoms with E-state index in [1.807, 2.05) is 25.1 Å². The fourth-order valence-corrected chi connectivity index (χ4v) is 1.47. The van der Waals surface area contributed by atoms with Gasteiger partial charge in [0, 0.05) is 12.7 Å². The Balaban J connectivity index is 2.46. The Bertz CT molecular complexity index is 516. The molecular weight excluding hydrogens is 262 g/mol. The van der Waals surface area contributed by atoms with Crippen molar-refractivity contribution in [3.05, 3.63) is 29.8 Å². The van der Waals surface area contributed by atoms with Crippen molar-refractivity contribution in [3.63, 3.8) is 0 Å². The van der Waals surface area contributed by atoms with Crippen molar-refractivity contribution in [2.24, 2.45) is 0 Å². The molecule has 1 aromatic rings. The monoisotopic (exact) mass is 279 g/mol. The van der Waals surface area contributed by atoms with Crippen LogP contribution in [0, 0.1) is 6.92 Å². The zero-order valence-electron chi connectivity index (χ0n) is 11.3.